The molecule has 0 saturated carbocycles. The third-order valence-electron chi connectivity index (χ3n) is 4.08. The SMILES string of the molecule is Cc1ccc2nc(Cl)c3cc(C(=O)N4CCOCC4)sc3c2c1. The minimum Gasteiger partial charge on any atom is -0.378 e. The number of nitrogens with zero attached hydrogens (tertiary/aromatic N) is 2. The highest BCUT2D eigenvalue weighted by Gasteiger charge is 2.22. The number of amides is 1. The quantitative estimate of drug-likeness (QED) is 0.628. The van der Waals surface area contributed by atoms with Crippen LogP contribution in [0.1, 0.15) is 15.2 Å². The van der Waals surface area contributed by atoms with Crippen LogP contribution in [0.4, 0.5) is 0 Å². The van der Waals surface area contributed by atoms with Crippen molar-refractivity contribution >= 4 is 49.8 Å². The summed E-state index contributed by atoms with van der Waals surface area (Å²) in [7, 11) is 0. The second-order valence-electron chi connectivity index (χ2n) is 5.68. The molecule has 23 heavy (non-hydrogen) atoms. The number of ether oxygens (including phenoxy) is 1. The van der Waals surface area contributed by atoms with Crippen LogP contribution < -0.4 is 0 Å². The zero-order chi connectivity index (χ0) is 16.0. The van der Waals surface area contributed by atoms with Crippen LogP contribution >= 0.6 is 22.9 Å². The molecule has 0 N–H and O–H groups in total. The molecule has 0 radical (unpaired) electrons. The van der Waals surface area contributed by atoms with Crippen molar-refractivity contribution in [3.8, 4) is 0 Å². The highest BCUT2D eigenvalue weighted by Crippen LogP contribution is 2.36. The number of aromatic nitrogens is 1. The number of rotatable bonds is 1. The fourth-order valence-electron chi connectivity index (χ4n) is 2.87. The van der Waals surface area contributed by atoms with Crippen molar-refractivity contribution in [1.82, 2.24) is 9.88 Å². The van der Waals surface area contributed by atoms with E-state index < -0.39 is 0 Å². The van der Waals surface area contributed by atoms with Crippen LogP contribution in [0, 0.1) is 6.92 Å². The average molecular weight is 347 g/mol. The van der Waals surface area contributed by atoms with Crippen LogP contribution in [0.2, 0.25) is 5.15 Å². The maximum absolute atomic E-state index is 12.7. The molecule has 0 unspecified atom stereocenters. The molecule has 0 bridgehead atoms. The summed E-state index contributed by atoms with van der Waals surface area (Å²) in [5, 5.41) is 2.36. The Bertz CT molecular complexity index is 916. The van der Waals surface area contributed by atoms with E-state index in [2.05, 4.69) is 11.1 Å². The fraction of sp³-hybridized carbons (Fsp3) is 0.294. The number of thiophene rings is 1. The van der Waals surface area contributed by atoms with Crippen LogP contribution in [0.25, 0.3) is 21.0 Å². The van der Waals surface area contributed by atoms with Crippen molar-refractivity contribution in [2.75, 3.05) is 26.3 Å². The van der Waals surface area contributed by atoms with Gasteiger partial charge in [-0.05, 0) is 25.1 Å². The molecule has 4 rings (SSSR count). The van der Waals surface area contributed by atoms with E-state index in [0.29, 0.717) is 36.3 Å². The zero-order valence-corrected chi connectivity index (χ0v) is 14.2. The Hall–Kier alpha value is -1.69. The van der Waals surface area contributed by atoms with Crippen molar-refractivity contribution < 1.29 is 9.53 Å². The zero-order valence-electron chi connectivity index (χ0n) is 12.6. The molecule has 1 aliphatic rings. The number of pyridine rings is 1. The first-order valence-electron chi connectivity index (χ1n) is 7.50. The van der Waals surface area contributed by atoms with Crippen LogP contribution in [0.3, 0.4) is 0 Å². The van der Waals surface area contributed by atoms with Gasteiger partial charge in [0.25, 0.3) is 5.91 Å². The summed E-state index contributed by atoms with van der Waals surface area (Å²) >= 11 is 7.83. The topological polar surface area (TPSA) is 42.4 Å². The summed E-state index contributed by atoms with van der Waals surface area (Å²) in [4.78, 5) is 19.7. The Morgan fingerprint density at radius 2 is 2.04 bits per heavy atom. The van der Waals surface area contributed by atoms with Gasteiger partial charge in [-0.25, -0.2) is 4.98 Å². The Morgan fingerprint density at radius 3 is 2.83 bits per heavy atom. The highest BCUT2D eigenvalue weighted by atomic mass is 35.5. The third kappa shape index (κ3) is 2.59. The van der Waals surface area contributed by atoms with Crippen LogP contribution in [-0.2, 0) is 4.74 Å². The molecule has 0 aliphatic carbocycles. The number of carbonyl (C=O) groups is 1. The fourth-order valence-corrected chi connectivity index (χ4v) is 4.32. The first-order valence-corrected chi connectivity index (χ1v) is 8.69. The molecule has 3 aromatic rings. The van der Waals surface area contributed by atoms with Gasteiger partial charge in [-0.3, -0.25) is 4.79 Å². The van der Waals surface area contributed by atoms with E-state index in [4.69, 9.17) is 16.3 Å². The lowest BCUT2D eigenvalue weighted by atomic mass is 10.1. The van der Waals surface area contributed by atoms with E-state index in [1.54, 1.807) is 0 Å². The van der Waals surface area contributed by atoms with E-state index >= 15 is 0 Å². The minimum atomic E-state index is 0.0476. The van der Waals surface area contributed by atoms with Gasteiger partial charge in [-0.2, -0.15) is 0 Å². The summed E-state index contributed by atoms with van der Waals surface area (Å²) in [6, 6.07) is 7.96. The predicted molar refractivity (Wildman–Crippen MR) is 93.6 cm³/mol. The Labute approximate surface area is 142 Å². The maximum Gasteiger partial charge on any atom is 0.264 e. The molecule has 1 aromatic carbocycles. The van der Waals surface area contributed by atoms with Crippen molar-refractivity contribution in [1.29, 1.82) is 0 Å². The summed E-state index contributed by atoms with van der Waals surface area (Å²) in [5.74, 6) is 0.0476. The van der Waals surface area contributed by atoms with E-state index in [0.717, 1.165) is 26.6 Å². The highest BCUT2D eigenvalue weighted by molar-refractivity contribution is 7.21. The van der Waals surface area contributed by atoms with Gasteiger partial charge in [-0.1, -0.05) is 23.2 Å². The Kier molecular flexibility index (Phi) is 3.71. The molecular weight excluding hydrogens is 332 g/mol. The maximum atomic E-state index is 12.7. The molecule has 1 saturated heterocycles. The van der Waals surface area contributed by atoms with Crippen molar-refractivity contribution in [3.63, 3.8) is 0 Å². The first-order chi connectivity index (χ1) is 11.1. The second-order valence-corrected chi connectivity index (χ2v) is 7.09. The molecule has 3 heterocycles. The van der Waals surface area contributed by atoms with Crippen molar-refractivity contribution in [3.05, 3.63) is 39.9 Å². The van der Waals surface area contributed by atoms with Gasteiger partial charge in [0.05, 0.1) is 23.6 Å². The number of carbonyl (C=O) groups excluding carboxylic acids is 1. The second kappa shape index (κ2) is 5.74. The third-order valence-corrected chi connectivity index (χ3v) is 5.52. The number of hydrogen-bond donors (Lipinski definition) is 0. The van der Waals surface area contributed by atoms with Gasteiger partial charge in [0.15, 0.2) is 0 Å². The number of aryl methyl sites for hydroxylation is 1. The molecule has 2 aromatic heterocycles. The standard InChI is InChI=1S/C17H15ClN2O2S/c1-10-2-3-13-11(8-10)15-12(16(18)19-13)9-14(23-15)17(21)20-4-6-22-7-5-20/h2-3,8-9H,4-7H2,1H3. The molecular formula is C17H15ClN2O2S. The lowest BCUT2D eigenvalue weighted by Gasteiger charge is -2.26. The van der Waals surface area contributed by atoms with Gasteiger partial charge in [0, 0.05) is 28.6 Å². The number of morpholine rings is 1. The summed E-state index contributed by atoms with van der Waals surface area (Å²) in [6.07, 6.45) is 0. The summed E-state index contributed by atoms with van der Waals surface area (Å²) in [6.45, 7) is 4.52. The first kappa shape index (κ1) is 14.9. The molecule has 0 atom stereocenters. The van der Waals surface area contributed by atoms with Crippen LogP contribution in [0.15, 0.2) is 24.3 Å². The van der Waals surface area contributed by atoms with Crippen LogP contribution in [0.5, 0.6) is 0 Å². The molecule has 1 amide bonds. The summed E-state index contributed by atoms with van der Waals surface area (Å²) < 4.78 is 6.34. The monoisotopic (exact) mass is 346 g/mol. The van der Waals surface area contributed by atoms with Crippen LogP contribution in [-0.4, -0.2) is 42.1 Å². The van der Waals surface area contributed by atoms with Gasteiger partial charge in [0.2, 0.25) is 0 Å². The lowest BCUT2D eigenvalue weighted by molar-refractivity contribution is 0.0306. The molecule has 1 fully saturated rings. The van der Waals surface area contributed by atoms with Crippen molar-refractivity contribution in [2.45, 2.75) is 6.92 Å². The largest absolute Gasteiger partial charge is 0.378 e. The van der Waals surface area contributed by atoms with Gasteiger partial charge in [-0.15, -0.1) is 11.3 Å². The van der Waals surface area contributed by atoms with E-state index in [9.17, 15) is 4.79 Å². The number of benzene rings is 1. The smallest absolute Gasteiger partial charge is 0.264 e. The lowest BCUT2D eigenvalue weighted by Crippen LogP contribution is -2.40. The van der Waals surface area contributed by atoms with Crippen molar-refractivity contribution in [2.24, 2.45) is 0 Å². The normalized spacial score (nSPS) is 15.5. The van der Waals surface area contributed by atoms with E-state index in [-0.39, 0.29) is 5.91 Å². The molecule has 0 spiro atoms. The number of halogens is 1. The number of hydrogen-bond acceptors (Lipinski definition) is 4. The summed E-state index contributed by atoms with van der Waals surface area (Å²) in [5.41, 5.74) is 2.03. The molecule has 118 valence electrons. The van der Waals surface area contributed by atoms with Gasteiger partial charge >= 0.3 is 0 Å². The molecule has 4 nitrogen and oxygen atoms in total. The Morgan fingerprint density at radius 1 is 1.26 bits per heavy atom. The predicted octanol–water partition coefficient (Wildman–Crippen LogP) is 3.88. The minimum absolute atomic E-state index is 0.0476. The van der Waals surface area contributed by atoms with E-state index in [1.807, 2.05) is 30.0 Å². The average Bonchev–Trinajstić information content (AvgIpc) is 3.02. The Balaban J connectivity index is 1.86. The van der Waals surface area contributed by atoms with Gasteiger partial charge in [0.1, 0.15) is 5.15 Å². The number of fused-ring (bicyclic) bond motifs is 3. The molecule has 6 heteroatoms. The van der Waals surface area contributed by atoms with E-state index in [1.165, 1.54) is 11.3 Å². The van der Waals surface area contributed by atoms with Gasteiger partial charge < -0.3 is 9.64 Å². The molecule has 1 aliphatic heterocycles.